The van der Waals surface area contributed by atoms with Crippen molar-refractivity contribution in [3.63, 3.8) is 0 Å². The van der Waals surface area contributed by atoms with Gasteiger partial charge >= 0.3 is 0 Å². The van der Waals surface area contributed by atoms with Crippen LogP contribution in [0, 0.1) is 0 Å². The minimum absolute atomic E-state index is 0.650. The summed E-state index contributed by atoms with van der Waals surface area (Å²) in [7, 11) is 0. The Hall–Kier alpha value is 0.690. The highest BCUT2D eigenvalue weighted by Gasteiger charge is 2.61. The summed E-state index contributed by atoms with van der Waals surface area (Å²) in [5.41, 5.74) is 0. The van der Waals surface area contributed by atoms with Gasteiger partial charge in [0, 0.05) is 12.1 Å². The zero-order chi connectivity index (χ0) is 7.47. The molecular weight excluding hydrogens is 249 g/mol. The zero-order valence-corrected chi connectivity index (χ0v) is 8.88. The molecule has 2 heteroatoms. The van der Waals surface area contributed by atoms with Crippen molar-refractivity contribution >= 4 is 22.6 Å². The fraction of sp³-hybridized carbons (Fsp3) is 1.00. The van der Waals surface area contributed by atoms with Gasteiger partial charge in [-0.05, 0) is 25.7 Å². The first-order valence-corrected chi connectivity index (χ1v) is 5.85. The molecule has 3 saturated heterocycles. The van der Waals surface area contributed by atoms with Gasteiger partial charge in [0.1, 0.15) is 0 Å². The Morgan fingerprint density at radius 3 is 2.09 bits per heavy atom. The summed E-state index contributed by atoms with van der Waals surface area (Å²) in [5, 5.41) is 0. The van der Waals surface area contributed by atoms with Crippen molar-refractivity contribution < 1.29 is 0 Å². The van der Waals surface area contributed by atoms with Crippen LogP contribution in [0.15, 0.2) is 0 Å². The molecule has 0 aromatic heterocycles. The zero-order valence-electron chi connectivity index (χ0n) is 6.72. The highest BCUT2D eigenvalue weighted by atomic mass is 127. The first-order valence-electron chi connectivity index (χ1n) is 4.77. The maximum atomic E-state index is 2.79. The number of alkyl halides is 1. The number of nitrogens with zero attached hydrogens (tertiary/aromatic N) is 1. The molecule has 0 aromatic carbocycles. The molecule has 0 bridgehead atoms. The second-order valence-electron chi connectivity index (χ2n) is 4.33. The summed E-state index contributed by atoms with van der Waals surface area (Å²) in [6.45, 7) is 0. The Morgan fingerprint density at radius 2 is 1.64 bits per heavy atom. The highest BCUT2D eigenvalue weighted by Crippen LogP contribution is 2.59. The molecule has 0 aliphatic carbocycles. The number of hydrogen-bond acceptors (Lipinski definition) is 1. The molecule has 1 nitrogen and oxygen atoms in total. The molecule has 62 valence electrons. The van der Waals surface area contributed by atoms with Crippen molar-refractivity contribution in [2.45, 2.75) is 54.2 Å². The summed E-state index contributed by atoms with van der Waals surface area (Å²) < 4.78 is 0.650. The van der Waals surface area contributed by atoms with Gasteiger partial charge in [-0.15, -0.1) is 0 Å². The lowest BCUT2D eigenvalue weighted by atomic mass is 9.76. The van der Waals surface area contributed by atoms with E-state index in [9.17, 15) is 0 Å². The van der Waals surface area contributed by atoms with Crippen molar-refractivity contribution in [1.82, 2.24) is 4.90 Å². The van der Waals surface area contributed by atoms with Gasteiger partial charge < -0.3 is 0 Å². The molecule has 2 atom stereocenters. The van der Waals surface area contributed by atoms with Gasteiger partial charge in [0.15, 0.2) is 0 Å². The van der Waals surface area contributed by atoms with E-state index in [2.05, 4.69) is 27.5 Å². The van der Waals surface area contributed by atoms with Gasteiger partial charge in [-0.25, -0.2) is 0 Å². The molecule has 0 saturated carbocycles. The minimum atomic E-state index is 0.650. The second kappa shape index (κ2) is 2.13. The predicted octanol–water partition coefficient (Wildman–Crippen LogP) is 2.54. The average molecular weight is 263 g/mol. The smallest absolute Gasteiger partial charge is 0.0765 e. The number of piperidine rings is 1. The van der Waals surface area contributed by atoms with Crippen LogP contribution in [0.2, 0.25) is 0 Å². The van der Waals surface area contributed by atoms with E-state index in [0.29, 0.717) is 3.55 Å². The van der Waals surface area contributed by atoms with Crippen molar-refractivity contribution in [2.24, 2.45) is 0 Å². The molecule has 0 amide bonds. The minimum Gasteiger partial charge on any atom is -0.283 e. The molecule has 2 unspecified atom stereocenters. The monoisotopic (exact) mass is 263 g/mol. The molecule has 3 fully saturated rings. The van der Waals surface area contributed by atoms with Crippen LogP contribution in [-0.2, 0) is 0 Å². The first kappa shape index (κ1) is 7.13. The fourth-order valence-electron chi connectivity index (χ4n) is 3.18. The molecule has 3 aliphatic heterocycles. The standard InChI is InChI=1S/C9H14IN/c10-9-5-7-3-1-2-4-8(6-9)11(7)9/h7-8H,1-6H2. The van der Waals surface area contributed by atoms with Gasteiger partial charge in [-0.1, -0.05) is 35.4 Å². The Bertz CT molecular complexity index is 176. The average Bonchev–Trinajstić information content (AvgIpc) is 1.99. The summed E-state index contributed by atoms with van der Waals surface area (Å²) in [6.07, 6.45) is 8.94. The van der Waals surface area contributed by atoms with E-state index in [0.717, 1.165) is 12.1 Å². The molecule has 0 N–H and O–H groups in total. The van der Waals surface area contributed by atoms with Crippen LogP contribution in [-0.4, -0.2) is 20.5 Å². The molecule has 0 radical (unpaired) electrons. The van der Waals surface area contributed by atoms with Crippen LogP contribution in [0.1, 0.15) is 38.5 Å². The van der Waals surface area contributed by atoms with Crippen LogP contribution in [0.25, 0.3) is 0 Å². The van der Waals surface area contributed by atoms with E-state index in [4.69, 9.17) is 0 Å². The van der Waals surface area contributed by atoms with E-state index in [1.807, 2.05) is 0 Å². The summed E-state index contributed by atoms with van der Waals surface area (Å²) in [5.74, 6) is 0. The maximum absolute atomic E-state index is 2.79. The molecule has 0 spiro atoms. The van der Waals surface area contributed by atoms with Crippen LogP contribution in [0.5, 0.6) is 0 Å². The summed E-state index contributed by atoms with van der Waals surface area (Å²) >= 11 is 2.67. The van der Waals surface area contributed by atoms with Crippen LogP contribution in [0.3, 0.4) is 0 Å². The normalized spacial score (nSPS) is 55.4. The lowest BCUT2D eigenvalue weighted by molar-refractivity contribution is -0.127. The largest absolute Gasteiger partial charge is 0.283 e. The molecule has 3 rings (SSSR count). The maximum Gasteiger partial charge on any atom is 0.0765 e. The molecule has 11 heavy (non-hydrogen) atoms. The van der Waals surface area contributed by atoms with Gasteiger partial charge in [-0.2, -0.15) is 0 Å². The SMILES string of the molecule is IC12CC3CCCCC(C1)N32. The van der Waals surface area contributed by atoms with Gasteiger partial charge in [0.2, 0.25) is 0 Å². The van der Waals surface area contributed by atoms with Gasteiger partial charge in [-0.3, -0.25) is 4.90 Å². The van der Waals surface area contributed by atoms with Crippen molar-refractivity contribution in [3.8, 4) is 0 Å². The summed E-state index contributed by atoms with van der Waals surface area (Å²) in [4.78, 5) is 2.79. The number of halogens is 1. The molecule has 0 aromatic rings. The molecule has 3 heterocycles. The fourth-order valence-corrected chi connectivity index (χ4v) is 4.99. The Kier molecular flexibility index (Phi) is 1.38. The predicted molar refractivity (Wildman–Crippen MR) is 53.9 cm³/mol. The quantitative estimate of drug-likeness (QED) is 0.369. The number of hydrogen-bond donors (Lipinski definition) is 0. The van der Waals surface area contributed by atoms with Gasteiger partial charge in [0.05, 0.1) is 3.55 Å². The van der Waals surface area contributed by atoms with Crippen molar-refractivity contribution in [3.05, 3.63) is 0 Å². The van der Waals surface area contributed by atoms with E-state index < -0.39 is 0 Å². The Balaban J connectivity index is 1.83. The van der Waals surface area contributed by atoms with E-state index in [1.165, 1.54) is 38.5 Å². The van der Waals surface area contributed by atoms with E-state index in [1.54, 1.807) is 0 Å². The van der Waals surface area contributed by atoms with Crippen molar-refractivity contribution in [1.29, 1.82) is 0 Å². The first-order chi connectivity index (χ1) is 5.30. The number of rotatable bonds is 0. The second-order valence-corrected chi connectivity index (χ2v) is 6.33. The van der Waals surface area contributed by atoms with Crippen LogP contribution < -0.4 is 0 Å². The van der Waals surface area contributed by atoms with E-state index >= 15 is 0 Å². The Morgan fingerprint density at radius 1 is 1.09 bits per heavy atom. The Labute approximate surface area is 81.7 Å². The van der Waals surface area contributed by atoms with Gasteiger partial charge in [0.25, 0.3) is 0 Å². The molecule has 3 aliphatic rings. The van der Waals surface area contributed by atoms with E-state index in [-0.39, 0.29) is 0 Å². The lowest BCUT2D eigenvalue weighted by Gasteiger charge is -2.67. The topological polar surface area (TPSA) is 3.24 Å². The highest BCUT2D eigenvalue weighted by molar-refractivity contribution is 14.1. The molecular formula is C9H14IN. The third-order valence-corrected chi connectivity index (χ3v) is 5.11. The van der Waals surface area contributed by atoms with Crippen LogP contribution in [0.4, 0.5) is 0 Å². The third-order valence-electron chi connectivity index (χ3n) is 3.67. The van der Waals surface area contributed by atoms with Crippen LogP contribution >= 0.6 is 22.6 Å². The lowest BCUT2D eigenvalue weighted by Crippen LogP contribution is -2.74. The summed E-state index contributed by atoms with van der Waals surface area (Å²) in [6, 6.07) is 1.99. The third kappa shape index (κ3) is 0.804. The van der Waals surface area contributed by atoms with Crippen molar-refractivity contribution in [2.75, 3.05) is 0 Å².